The molecule has 0 fully saturated rings. The SMILES string of the molecule is N#Cc1cc(NCc2ccc(C(F)(F)F)cc2)ccc1Cl. The highest BCUT2D eigenvalue weighted by atomic mass is 35.5. The van der Waals surface area contributed by atoms with Gasteiger partial charge in [0.1, 0.15) is 6.07 Å². The quantitative estimate of drug-likeness (QED) is 0.880. The first-order valence-corrected chi connectivity index (χ1v) is 6.37. The molecule has 0 atom stereocenters. The molecule has 0 saturated carbocycles. The Labute approximate surface area is 124 Å². The topological polar surface area (TPSA) is 35.8 Å². The summed E-state index contributed by atoms with van der Waals surface area (Å²) in [5.41, 5.74) is 1.05. The van der Waals surface area contributed by atoms with E-state index in [1.165, 1.54) is 12.1 Å². The Kier molecular flexibility index (Phi) is 4.39. The van der Waals surface area contributed by atoms with Crippen molar-refractivity contribution in [3.05, 3.63) is 64.2 Å². The van der Waals surface area contributed by atoms with Gasteiger partial charge in [-0.05, 0) is 35.9 Å². The lowest BCUT2D eigenvalue weighted by molar-refractivity contribution is -0.137. The minimum Gasteiger partial charge on any atom is -0.381 e. The molecule has 2 nitrogen and oxygen atoms in total. The van der Waals surface area contributed by atoms with Crippen molar-refractivity contribution < 1.29 is 13.2 Å². The lowest BCUT2D eigenvalue weighted by Gasteiger charge is -2.10. The van der Waals surface area contributed by atoms with E-state index in [-0.39, 0.29) is 0 Å². The highest BCUT2D eigenvalue weighted by molar-refractivity contribution is 6.31. The van der Waals surface area contributed by atoms with E-state index in [1.54, 1.807) is 18.2 Å². The Morgan fingerprint density at radius 3 is 2.33 bits per heavy atom. The van der Waals surface area contributed by atoms with Crippen LogP contribution < -0.4 is 5.32 Å². The van der Waals surface area contributed by atoms with Crippen LogP contribution in [0.1, 0.15) is 16.7 Å². The first kappa shape index (κ1) is 15.2. The van der Waals surface area contributed by atoms with Crippen molar-refractivity contribution in [3.8, 4) is 6.07 Å². The monoisotopic (exact) mass is 310 g/mol. The van der Waals surface area contributed by atoms with Gasteiger partial charge in [-0.15, -0.1) is 0 Å². The van der Waals surface area contributed by atoms with Crippen LogP contribution in [-0.4, -0.2) is 0 Å². The highest BCUT2D eigenvalue weighted by Gasteiger charge is 2.29. The lowest BCUT2D eigenvalue weighted by atomic mass is 10.1. The number of nitrogens with zero attached hydrogens (tertiary/aromatic N) is 1. The summed E-state index contributed by atoms with van der Waals surface area (Å²) in [6.45, 7) is 0.352. The summed E-state index contributed by atoms with van der Waals surface area (Å²) in [6, 6.07) is 11.8. The fourth-order valence-electron chi connectivity index (χ4n) is 1.74. The van der Waals surface area contributed by atoms with E-state index in [9.17, 15) is 13.2 Å². The Bertz CT molecular complexity index is 673. The first-order valence-electron chi connectivity index (χ1n) is 6.00. The molecule has 0 saturated heterocycles. The third-order valence-corrected chi connectivity index (χ3v) is 3.19. The maximum atomic E-state index is 12.4. The number of anilines is 1. The van der Waals surface area contributed by atoms with Gasteiger partial charge in [-0.2, -0.15) is 18.4 Å². The predicted octanol–water partition coefficient (Wildman–Crippen LogP) is 4.84. The number of rotatable bonds is 3. The Morgan fingerprint density at radius 2 is 1.76 bits per heavy atom. The van der Waals surface area contributed by atoms with Crippen LogP contribution in [0.2, 0.25) is 5.02 Å². The zero-order valence-corrected chi connectivity index (χ0v) is 11.5. The standard InChI is InChI=1S/C15H10ClF3N2/c16-14-6-5-13(7-11(14)8-20)21-9-10-1-3-12(4-2-10)15(17,18)19/h1-7,21H,9H2. The third-order valence-electron chi connectivity index (χ3n) is 2.86. The van der Waals surface area contributed by atoms with Gasteiger partial charge in [0.15, 0.2) is 0 Å². The van der Waals surface area contributed by atoms with Crippen LogP contribution in [0.15, 0.2) is 42.5 Å². The number of nitrogens with one attached hydrogen (secondary N) is 1. The minimum absolute atomic E-state index is 0.342. The van der Waals surface area contributed by atoms with Crippen molar-refractivity contribution in [1.82, 2.24) is 0 Å². The second kappa shape index (κ2) is 6.06. The molecule has 2 rings (SSSR count). The minimum atomic E-state index is -4.33. The van der Waals surface area contributed by atoms with Gasteiger partial charge in [-0.1, -0.05) is 23.7 Å². The van der Waals surface area contributed by atoms with Crippen molar-refractivity contribution in [2.45, 2.75) is 12.7 Å². The summed E-state index contributed by atoms with van der Waals surface area (Å²) in [5, 5.41) is 12.3. The highest BCUT2D eigenvalue weighted by Crippen LogP contribution is 2.29. The maximum Gasteiger partial charge on any atom is 0.416 e. The molecule has 21 heavy (non-hydrogen) atoms. The van der Waals surface area contributed by atoms with Gasteiger partial charge in [-0.3, -0.25) is 0 Å². The van der Waals surface area contributed by atoms with Gasteiger partial charge < -0.3 is 5.32 Å². The number of halogens is 4. The van der Waals surface area contributed by atoms with E-state index in [0.29, 0.717) is 28.4 Å². The summed E-state index contributed by atoms with van der Waals surface area (Å²) in [6.07, 6.45) is -4.33. The van der Waals surface area contributed by atoms with Crippen molar-refractivity contribution in [3.63, 3.8) is 0 Å². The molecule has 0 aromatic heterocycles. The molecule has 0 heterocycles. The average molecular weight is 311 g/mol. The molecule has 2 aromatic carbocycles. The van der Waals surface area contributed by atoms with Crippen LogP contribution in [0.3, 0.4) is 0 Å². The van der Waals surface area contributed by atoms with Crippen LogP contribution in [0.5, 0.6) is 0 Å². The van der Waals surface area contributed by atoms with Crippen molar-refractivity contribution >= 4 is 17.3 Å². The molecule has 0 spiro atoms. The van der Waals surface area contributed by atoms with E-state index in [2.05, 4.69) is 5.32 Å². The van der Waals surface area contributed by atoms with Gasteiger partial charge in [0, 0.05) is 12.2 Å². The largest absolute Gasteiger partial charge is 0.416 e. The molecule has 1 N–H and O–H groups in total. The Morgan fingerprint density at radius 1 is 1.10 bits per heavy atom. The maximum absolute atomic E-state index is 12.4. The molecule has 6 heteroatoms. The van der Waals surface area contributed by atoms with Gasteiger partial charge in [0.25, 0.3) is 0 Å². The van der Waals surface area contributed by atoms with Crippen LogP contribution in [0.25, 0.3) is 0 Å². The molecule has 0 aliphatic heterocycles. The molecule has 108 valence electrons. The van der Waals surface area contributed by atoms with Crippen molar-refractivity contribution in [1.29, 1.82) is 5.26 Å². The number of hydrogen-bond acceptors (Lipinski definition) is 2. The van der Waals surface area contributed by atoms with E-state index >= 15 is 0 Å². The Balaban J connectivity index is 2.05. The molecule has 2 aromatic rings. The van der Waals surface area contributed by atoms with Crippen molar-refractivity contribution in [2.75, 3.05) is 5.32 Å². The number of alkyl halides is 3. The molecular weight excluding hydrogens is 301 g/mol. The summed E-state index contributed by atoms with van der Waals surface area (Å²) < 4.78 is 37.3. The van der Waals surface area contributed by atoms with E-state index in [1.807, 2.05) is 6.07 Å². The van der Waals surface area contributed by atoms with Gasteiger partial charge in [0.2, 0.25) is 0 Å². The van der Waals surface area contributed by atoms with Crippen LogP contribution >= 0.6 is 11.6 Å². The summed E-state index contributed by atoms with van der Waals surface area (Å²) in [5.74, 6) is 0. The van der Waals surface area contributed by atoms with Gasteiger partial charge in [0.05, 0.1) is 16.1 Å². The molecule has 0 bridgehead atoms. The lowest BCUT2D eigenvalue weighted by Crippen LogP contribution is -2.05. The molecule has 0 aliphatic rings. The zero-order chi connectivity index (χ0) is 15.5. The molecule has 0 aliphatic carbocycles. The average Bonchev–Trinajstić information content (AvgIpc) is 2.46. The van der Waals surface area contributed by atoms with Crippen molar-refractivity contribution in [2.24, 2.45) is 0 Å². The van der Waals surface area contributed by atoms with Gasteiger partial charge >= 0.3 is 6.18 Å². The first-order chi connectivity index (χ1) is 9.90. The molecule has 0 unspecified atom stereocenters. The second-order valence-electron chi connectivity index (χ2n) is 4.35. The fourth-order valence-corrected chi connectivity index (χ4v) is 1.90. The van der Waals surface area contributed by atoms with E-state index < -0.39 is 11.7 Å². The number of nitriles is 1. The molecular formula is C15H10ClF3N2. The fraction of sp³-hybridized carbons (Fsp3) is 0.133. The molecule has 0 amide bonds. The summed E-state index contributed by atoms with van der Waals surface area (Å²) in [7, 11) is 0. The van der Waals surface area contributed by atoms with Crippen LogP contribution in [0.4, 0.5) is 18.9 Å². The van der Waals surface area contributed by atoms with E-state index in [0.717, 1.165) is 12.1 Å². The number of benzene rings is 2. The van der Waals surface area contributed by atoms with Gasteiger partial charge in [-0.25, -0.2) is 0 Å². The normalized spacial score (nSPS) is 11.0. The zero-order valence-electron chi connectivity index (χ0n) is 10.7. The Hall–Kier alpha value is -2.19. The van der Waals surface area contributed by atoms with Crippen LogP contribution in [-0.2, 0) is 12.7 Å². The second-order valence-corrected chi connectivity index (χ2v) is 4.76. The third kappa shape index (κ3) is 3.89. The molecule has 0 radical (unpaired) electrons. The number of hydrogen-bond donors (Lipinski definition) is 1. The summed E-state index contributed by atoms with van der Waals surface area (Å²) >= 11 is 5.82. The smallest absolute Gasteiger partial charge is 0.381 e. The van der Waals surface area contributed by atoms with E-state index in [4.69, 9.17) is 16.9 Å². The van der Waals surface area contributed by atoms with Crippen LogP contribution in [0, 0.1) is 11.3 Å². The summed E-state index contributed by atoms with van der Waals surface area (Å²) in [4.78, 5) is 0. The predicted molar refractivity (Wildman–Crippen MR) is 74.9 cm³/mol.